The van der Waals surface area contributed by atoms with Crippen molar-refractivity contribution in [3.05, 3.63) is 65.1 Å². The smallest absolute Gasteiger partial charge is 0.295 e. The number of ether oxygens (including phenoxy) is 2. The summed E-state index contributed by atoms with van der Waals surface area (Å²) in [5.41, 5.74) is 2.31. The number of aromatic nitrogens is 2. The van der Waals surface area contributed by atoms with Crippen LogP contribution in [0.25, 0.3) is 11.4 Å². The first-order valence-corrected chi connectivity index (χ1v) is 14.6. The number of carbonyl (C=O) groups excluding carboxylic acids is 2. The lowest BCUT2D eigenvalue weighted by Gasteiger charge is -2.27. The Labute approximate surface area is 242 Å². The molecule has 1 atom stereocenters. The number of likely N-dealkylation sites (tertiary alicyclic amines) is 1. The molecule has 1 saturated heterocycles. The first-order valence-electron chi connectivity index (χ1n) is 14.6. The van der Waals surface area contributed by atoms with Crippen LogP contribution in [-0.2, 0) is 9.59 Å². The van der Waals surface area contributed by atoms with Gasteiger partial charge in [-0.3, -0.25) is 14.0 Å². The lowest BCUT2D eigenvalue weighted by atomic mass is 9.95. The number of ketones is 1. The van der Waals surface area contributed by atoms with E-state index >= 15 is 0 Å². The SMILES string of the molecule is CCCCCOc1ccc(C2C(=C(O)c3c(C)nc4ccccn34)C(=O)C(=O)N2CCCN(CC)CC)cc1OC. The number of nitrogens with zero attached hydrogens (tertiary/aromatic N) is 4. The fourth-order valence-electron chi connectivity index (χ4n) is 5.50. The molecule has 1 aliphatic heterocycles. The van der Waals surface area contributed by atoms with Crippen LogP contribution in [-0.4, -0.2) is 75.9 Å². The number of carbonyl (C=O) groups is 2. The van der Waals surface area contributed by atoms with Crippen molar-refractivity contribution in [1.29, 1.82) is 0 Å². The van der Waals surface area contributed by atoms with Gasteiger partial charge >= 0.3 is 0 Å². The fraction of sp³-hybridized carbons (Fsp3) is 0.469. The maximum atomic E-state index is 13.6. The van der Waals surface area contributed by atoms with Crippen LogP contribution in [0, 0.1) is 6.92 Å². The van der Waals surface area contributed by atoms with Crippen LogP contribution in [0.1, 0.15) is 69.4 Å². The zero-order chi connectivity index (χ0) is 29.5. The molecule has 1 aliphatic rings. The summed E-state index contributed by atoms with van der Waals surface area (Å²) in [4.78, 5) is 35.5. The van der Waals surface area contributed by atoms with Crippen molar-refractivity contribution in [2.45, 2.75) is 59.4 Å². The Morgan fingerprint density at radius 1 is 1.05 bits per heavy atom. The van der Waals surface area contributed by atoms with E-state index < -0.39 is 17.7 Å². The Balaban J connectivity index is 1.79. The molecule has 1 unspecified atom stereocenters. The molecule has 0 saturated carbocycles. The van der Waals surface area contributed by atoms with Gasteiger partial charge < -0.3 is 24.4 Å². The van der Waals surface area contributed by atoms with Gasteiger partial charge in [0.2, 0.25) is 0 Å². The first-order chi connectivity index (χ1) is 19.9. The van der Waals surface area contributed by atoms with Gasteiger partial charge in [-0.2, -0.15) is 0 Å². The second-order valence-corrected chi connectivity index (χ2v) is 10.3. The van der Waals surface area contributed by atoms with Crippen LogP contribution in [0.15, 0.2) is 48.2 Å². The highest BCUT2D eigenvalue weighted by Crippen LogP contribution is 2.42. The van der Waals surface area contributed by atoms with Gasteiger partial charge in [0.05, 0.1) is 31.0 Å². The zero-order valence-electron chi connectivity index (χ0n) is 24.9. The average Bonchev–Trinajstić information content (AvgIpc) is 3.45. The summed E-state index contributed by atoms with van der Waals surface area (Å²) in [6.07, 6.45) is 5.58. The van der Waals surface area contributed by atoms with E-state index in [1.54, 1.807) is 35.6 Å². The van der Waals surface area contributed by atoms with Crippen molar-refractivity contribution in [2.24, 2.45) is 0 Å². The summed E-state index contributed by atoms with van der Waals surface area (Å²) >= 11 is 0. The van der Waals surface area contributed by atoms with Gasteiger partial charge in [-0.1, -0.05) is 45.7 Å². The van der Waals surface area contributed by atoms with E-state index in [-0.39, 0.29) is 11.3 Å². The predicted octanol–water partition coefficient (Wildman–Crippen LogP) is 5.37. The van der Waals surface area contributed by atoms with Crippen LogP contribution < -0.4 is 9.47 Å². The second kappa shape index (κ2) is 13.7. The lowest BCUT2D eigenvalue weighted by Crippen LogP contribution is -2.33. The Hall–Kier alpha value is -3.85. The minimum atomic E-state index is -0.789. The third-order valence-corrected chi connectivity index (χ3v) is 7.75. The molecule has 1 fully saturated rings. The minimum Gasteiger partial charge on any atom is -0.505 e. The van der Waals surface area contributed by atoms with E-state index in [0.717, 1.165) is 38.9 Å². The minimum absolute atomic E-state index is 0.0465. The van der Waals surface area contributed by atoms with E-state index in [9.17, 15) is 14.7 Å². The number of fused-ring (bicyclic) bond motifs is 1. The summed E-state index contributed by atoms with van der Waals surface area (Å²) in [6.45, 7) is 11.7. The van der Waals surface area contributed by atoms with Crippen molar-refractivity contribution in [3.63, 3.8) is 0 Å². The molecule has 9 heteroatoms. The molecule has 1 aromatic carbocycles. The number of hydrogen-bond acceptors (Lipinski definition) is 7. The van der Waals surface area contributed by atoms with Crippen molar-refractivity contribution in [3.8, 4) is 11.5 Å². The number of imidazole rings is 1. The van der Waals surface area contributed by atoms with Gasteiger partial charge in [0.25, 0.3) is 11.7 Å². The number of aliphatic hydroxyl groups is 1. The van der Waals surface area contributed by atoms with E-state index in [1.807, 2.05) is 30.3 Å². The number of methoxy groups -OCH3 is 1. The molecule has 2 aromatic heterocycles. The van der Waals surface area contributed by atoms with Gasteiger partial charge in [-0.05, 0) is 69.2 Å². The number of amides is 1. The monoisotopic (exact) mass is 562 g/mol. The van der Waals surface area contributed by atoms with Crippen LogP contribution in [0.3, 0.4) is 0 Å². The molecule has 0 aliphatic carbocycles. The highest BCUT2D eigenvalue weighted by molar-refractivity contribution is 6.46. The summed E-state index contributed by atoms with van der Waals surface area (Å²) < 4.78 is 13.4. The molecule has 3 aromatic rings. The van der Waals surface area contributed by atoms with Crippen LogP contribution in [0.4, 0.5) is 0 Å². The Kier molecular flexibility index (Phi) is 10.0. The van der Waals surface area contributed by atoms with E-state index in [4.69, 9.17) is 9.47 Å². The Morgan fingerprint density at radius 2 is 1.83 bits per heavy atom. The molecule has 0 spiro atoms. The molecule has 1 amide bonds. The first kappa shape index (κ1) is 30.1. The van der Waals surface area contributed by atoms with Crippen molar-refractivity contribution in [2.75, 3.05) is 39.9 Å². The molecule has 41 heavy (non-hydrogen) atoms. The van der Waals surface area contributed by atoms with E-state index in [1.165, 1.54) is 0 Å². The van der Waals surface area contributed by atoms with Gasteiger partial charge in [0.1, 0.15) is 11.3 Å². The van der Waals surface area contributed by atoms with Gasteiger partial charge in [0.15, 0.2) is 17.3 Å². The zero-order valence-corrected chi connectivity index (χ0v) is 24.9. The molecular formula is C32H42N4O5. The number of pyridine rings is 1. The van der Waals surface area contributed by atoms with Crippen LogP contribution in [0.5, 0.6) is 11.5 Å². The Bertz CT molecular complexity index is 1410. The highest BCUT2D eigenvalue weighted by Gasteiger charge is 2.46. The standard InChI is InChI=1S/C32H42N4O5/c1-6-9-12-20-41-24-16-15-23(21-25(24)40-5)29-27(30(37)28-22(4)33-26-14-10-11-18-35(26)28)31(38)32(39)36(29)19-13-17-34(7-2)8-3/h10-11,14-16,18,21,29,37H,6-9,12-13,17,19-20H2,1-5H3. The number of hydrogen-bond donors (Lipinski definition) is 1. The predicted molar refractivity (Wildman–Crippen MR) is 159 cm³/mol. The third kappa shape index (κ3) is 6.25. The van der Waals surface area contributed by atoms with Gasteiger partial charge in [-0.15, -0.1) is 0 Å². The van der Waals surface area contributed by atoms with Crippen molar-refractivity contribution >= 4 is 23.1 Å². The molecule has 220 valence electrons. The topological polar surface area (TPSA) is 96.6 Å². The van der Waals surface area contributed by atoms with Crippen LogP contribution in [0.2, 0.25) is 0 Å². The largest absolute Gasteiger partial charge is 0.505 e. The molecule has 0 bridgehead atoms. The average molecular weight is 563 g/mol. The van der Waals surface area contributed by atoms with E-state index in [2.05, 4.69) is 30.7 Å². The summed E-state index contributed by atoms with van der Waals surface area (Å²) in [7, 11) is 1.57. The number of unbranched alkanes of at least 4 members (excludes halogenated alkanes) is 2. The maximum absolute atomic E-state index is 13.6. The summed E-state index contributed by atoms with van der Waals surface area (Å²) in [6, 6.07) is 10.2. The maximum Gasteiger partial charge on any atom is 0.295 e. The molecule has 0 radical (unpaired) electrons. The summed E-state index contributed by atoms with van der Waals surface area (Å²) in [5.74, 6) is -0.460. The van der Waals surface area contributed by atoms with Gasteiger partial charge in [-0.25, -0.2) is 4.98 Å². The lowest BCUT2D eigenvalue weighted by molar-refractivity contribution is -0.140. The fourth-order valence-corrected chi connectivity index (χ4v) is 5.50. The van der Waals surface area contributed by atoms with Crippen molar-refractivity contribution < 1.29 is 24.2 Å². The molecule has 1 N–H and O–H groups in total. The van der Waals surface area contributed by atoms with Gasteiger partial charge in [0, 0.05) is 12.7 Å². The number of rotatable bonds is 14. The van der Waals surface area contributed by atoms with Crippen molar-refractivity contribution in [1.82, 2.24) is 19.2 Å². The molecular weight excluding hydrogens is 520 g/mol. The highest BCUT2D eigenvalue weighted by atomic mass is 16.5. The van der Waals surface area contributed by atoms with Crippen LogP contribution >= 0.6 is 0 Å². The molecule has 4 rings (SSSR count). The number of Topliss-reactive ketones (excluding diaryl/α,β-unsaturated/α-hetero) is 1. The normalized spacial score (nSPS) is 16.7. The van der Waals surface area contributed by atoms with E-state index in [0.29, 0.717) is 53.7 Å². The number of aliphatic hydroxyl groups excluding tert-OH is 1. The molecule has 9 nitrogen and oxygen atoms in total. The number of aryl methyl sites for hydroxylation is 1. The summed E-state index contributed by atoms with van der Waals surface area (Å²) in [5, 5.41) is 11.7. The third-order valence-electron chi connectivity index (χ3n) is 7.75. The number of benzene rings is 1. The quantitative estimate of drug-likeness (QED) is 0.122. The molecule has 3 heterocycles. The second-order valence-electron chi connectivity index (χ2n) is 10.3. The Morgan fingerprint density at radius 3 is 2.54 bits per heavy atom.